The average molecular weight is 1020 g/mol. The van der Waals surface area contributed by atoms with Crippen molar-refractivity contribution in [2.45, 2.75) is 109 Å². The van der Waals surface area contributed by atoms with Crippen LogP contribution in [0.2, 0.25) is 9.26 Å². The van der Waals surface area contributed by atoms with Gasteiger partial charge >= 0.3 is 418 Å². The summed E-state index contributed by atoms with van der Waals surface area (Å²) in [5.74, 6) is 1.82. The molecule has 0 amide bonds. The molecule has 2 aliphatic carbocycles. The van der Waals surface area contributed by atoms with Crippen molar-refractivity contribution in [3.8, 4) is 33.8 Å². The van der Waals surface area contributed by atoms with Crippen LogP contribution in [-0.4, -0.2) is 6.88 Å². The van der Waals surface area contributed by atoms with Crippen LogP contribution < -0.4 is 5.63 Å². The van der Waals surface area contributed by atoms with Gasteiger partial charge in [-0.25, -0.2) is 0 Å². The molecule has 0 radical (unpaired) electrons. The third kappa shape index (κ3) is 7.41. The molecule has 0 bridgehead atoms. The number of benzene rings is 8. The Labute approximate surface area is 415 Å². The van der Waals surface area contributed by atoms with Crippen LogP contribution in [0.25, 0.3) is 56.0 Å². The number of allylic oxidation sites excluding steroid dienone is 2. The van der Waals surface area contributed by atoms with Crippen molar-refractivity contribution in [2.24, 2.45) is 0 Å². The van der Waals surface area contributed by atoms with Crippen molar-refractivity contribution in [2.75, 3.05) is 0 Å². The SMILES string of the molecule is CCC1=Cc2c(-c3cccc4ccccc34)cccc2[CH]1[Zr]([CH3])([CH3])(=[SiH2])([O]c1ccc(C)cc1C(C)(C)C)([O]c1ccc(C)cc1C(C)(C)C)[CH]1C(CC)=Cc2c(-c3cccc4ccccc34)cccc21. The molecular weight excluding hydrogens is 944 g/mol. The molecular formula is C66H72O2SiZr. The molecule has 0 aromatic heterocycles. The van der Waals surface area contributed by atoms with E-state index >= 15 is 0 Å². The summed E-state index contributed by atoms with van der Waals surface area (Å²) in [5.41, 5.74) is 17.1. The van der Waals surface area contributed by atoms with Gasteiger partial charge in [0.05, 0.1) is 0 Å². The van der Waals surface area contributed by atoms with E-state index in [0.29, 0.717) is 0 Å². The summed E-state index contributed by atoms with van der Waals surface area (Å²) in [6.45, 7) is 25.3. The van der Waals surface area contributed by atoms with Gasteiger partial charge in [0.15, 0.2) is 0 Å². The van der Waals surface area contributed by atoms with E-state index in [1.165, 1.54) is 99.5 Å². The van der Waals surface area contributed by atoms with Crippen LogP contribution in [-0.2, 0) is 26.1 Å². The fourth-order valence-corrected chi connectivity index (χ4v) is 45.2. The van der Waals surface area contributed by atoms with Gasteiger partial charge < -0.3 is 0 Å². The molecule has 2 aliphatic rings. The van der Waals surface area contributed by atoms with E-state index in [4.69, 9.17) is 5.63 Å². The van der Waals surface area contributed by atoms with E-state index in [1.54, 1.807) is 0 Å². The molecule has 0 heterocycles. The third-order valence-electron chi connectivity index (χ3n) is 16.6. The third-order valence-corrected chi connectivity index (χ3v) is 43.5. The Morgan fingerprint density at radius 3 is 1.20 bits per heavy atom. The van der Waals surface area contributed by atoms with Crippen LogP contribution in [0.4, 0.5) is 0 Å². The first-order chi connectivity index (χ1) is 33.0. The average Bonchev–Trinajstić information content (AvgIpc) is 3.94. The first kappa shape index (κ1) is 48.1. The molecule has 2 unspecified atom stereocenters. The van der Waals surface area contributed by atoms with Crippen molar-refractivity contribution in [3.05, 3.63) is 213 Å². The molecule has 8 aromatic rings. The molecule has 0 saturated carbocycles. The second-order valence-electron chi connectivity index (χ2n) is 25.0. The Balaban J connectivity index is 1.41. The molecule has 2 nitrogen and oxygen atoms in total. The van der Waals surface area contributed by atoms with E-state index in [0.717, 1.165) is 24.3 Å². The van der Waals surface area contributed by atoms with E-state index in [9.17, 15) is 0 Å². The zero-order valence-electron chi connectivity index (χ0n) is 43.8. The minimum absolute atomic E-state index is 0.236. The Kier molecular flexibility index (Phi) is 10.8. The van der Waals surface area contributed by atoms with Crippen LogP contribution in [0.5, 0.6) is 11.5 Å². The van der Waals surface area contributed by atoms with Crippen LogP contribution in [0.3, 0.4) is 0 Å². The fourth-order valence-electron chi connectivity index (χ4n) is 13.7. The summed E-state index contributed by atoms with van der Waals surface area (Å²) in [5, 5.41) is 4.99. The molecule has 10 rings (SSSR count). The van der Waals surface area contributed by atoms with Gasteiger partial charge in [0.1, 0.15) is 0 Å². The zero-order valence-corrected chi connectivity index (χ0v) is 47.6. The Morgan fingerprint density at radius 2 is 0.814 bits per heavy atom. The van der Waals surface area contributed by atoms with Gasteiger partial charge in [-0.2, -0.15) is 0 Å². The summed E-state index contributed by atoms with van der Waals surface area (Å²) in [6.07, 6.45) is 6.76. The Bertz CT molecular complexity index is 3420. The van der Waals surface area contributed by atoms with Crippen molar-refractivity contribution in [1.82, 2.24) is 0 Å². The predicted octanol–water partition coefficient (Wildman–Crippen LogP) is 18.3. The van der Waals surface area contributed by atoms with Crippen LogP contribution in [0.15, 0.2) is 169 Å². The van der Waals surface area contributed by atoms with Crippen molar-refractivity contribution >= 4 is 40.6 Å². The van der Waals surface area contributed by atoms with Gasteiger partial charge in [0, 0.05) is 0 Å². The fraction of sp³-hybridized carbons (Fsp3) is 0.273. The van der Waals surface area contributed by atoms with Crippen molar-refractivity contribution < 1.29 is 20.9 Å². The quantitative estimate of drug-likeness (QED) is 0.127. The van der Waals surface area contributed by atoms with E-state index in [1.807, 2.05) is 0 Å². The number of aryl methyl sites for hydroxylation is 2. The summed E-state index contributed by atoms with van der Waals surface area (Å²) >= 11 is -7.21. The second kappa shape index (κ2) is 15.7. The molecule has 0 N–H and O–H groups in total. The van der Waals surface area contributed by atoms with E-state index in [2.05, 4.69) is 255 Å². The Hall–Kier alpha value is -5.54. The minimum atomic E-state index is -7.21. The second-order valence-corrected chi connectivity index (χ2v) is 68.0. The predicted molar refractivity (Wildman–Crippen MR) is 302 cm³/mol. The van der Waals surface area contributed by atoms with Gasteiger partial charge in [-0.15, -0.1) is 0 Å². The zero-order chi connectivity index (χ0) is 49.7. The Morgan fingerprint density at radius 1 is 0.457 bits per heavy atom. The summed E-state index contributed by atoms with van der Waals surface area (Å²) in [7, 11) is 0. The van der Waals surface area contributed by atoms with Gasteiger partial charge in [0.2, 0.25) is 0 Å². The van der Waals surface area contributed by atoms with Crippen LogP contribution in [0, 0.1) is 13.8 Å². The molecule has 356 valence electrons. The molecule has 0 fully saturated rings. The van der Waals surface area contributed by atoms with Gasteiger partial charge in [-0.1, -0.05) is 0 Å². The monoisotopic (exact) mass is 1010 g/mol. The van der Waals surface area contributed by atoms with Crippen LogP contribution in [0.1, 0.15) is 120 Å². The maximum atomic E-state index is 9.06. The van der Waals surface area contributed by atoms with Crippen molar-refractivity contribution in [1.29, 1.82) is 0 Å². The van der Waals surface area contributed by atoms with Gasteiger partial charge in [-0.05, 0) is 0 Å². The molecule has 0 saturated heterocycles. The molecule has 70 heavy (non-hydrogen) atoms. The topological polar surface area (TPSA) is 18.5 Å². The first-order valence-electron chi connectivity index (χ1n) is 25.8. The number of hydrogen-bond acceptors (Lipinski definition) is 2. The van der Waals surface area contributed by atoms with E-state index in [-0.39, 0.29) is 18.1 Å². The molecule has 4 heteroatoms. The van der Waals surface area contributed by atoms with Gasteiger partial charge in [0.25, 0.3) is 0 Å². The van der Waals surface area contributed by atoms with Crippen LogP contribution >= 0.6 is 0 Å². The molecule has 0 spiro atoms. The molecule has 0 aliphatic heterocycles. The standard InChI is InChI=1S/2C21H17.2C11H16O.2CH3.H2Si.Zr/c2*1-2-15-13-17-9-6-12-20(21(17)14-15)19-11-5-8-16-7-3-4-10-18(16)19;2*1-8-5-6-10(12)9(7-8)11(2,3)4;;;;/h2*3-14H,2H2,1H3;2*5-7,12H,1-4H3;2*1H3;1H2;/q;;;;;;;+2/p-2. The molecule has 2 atom stereocenters. The van der Waals surface area contributed by atoms with Gasteiger partial charge in [-0.3, -0.25) is 0 Å². The van der Waals surface area contributed by atoms with E-state index < -0.39 is 15.3 Å². The number of hydrogen-bond donors (Lipinski definition) is 0. The van der Waals surface area contributed by atoms with Crippen molar-refractivity contribution in [3.63, 3.8) is 0 Å². The number of fused-ring (bicyclic) bond motifs is 4. The summed E-state index contributed by atoms with van der Waals surface area (Å²) in [6, 6.07) is 59.1. The summed E-state index contributed by atoms with van der Waals surface area (Å²) in [4.78, 5) is 0. The molecule has 8 aromatic carbocycles. The normalized spacial score (nSPS) is 17.5. The summed E-state index contributed by atoms with van der Waals surface area (Å²) < 4.78 is 22.8. The number of rotatable bonds is 10. The maximum absolute atomic E-state index is 9.06. The first-order valence-corrected chi connectivity index (χ1v) is 41.5.